The predicted molar refractivity (Wildman–Crippen MR) is 96.5 cm³/mol. The molecule has 3 rings (SSSR count). The van der Waals surface area contributed by atoms with Gasteiger partial charge in [-0.3, -0.25) is 4.79 Å². The lowest BCUT2D eigenvalue weighted by molar-refractivity contribution is -0.128. The number of ether oxygens (including phenoxy) is 1. The van der Waals surface area contributed by atoms with Crippen LogP contribution < -0.4 is 15.4 Å². The van der Waals surface area contributed by atoms with E-state index in [1.807, 2.05) is 19.1 Å². The van der Waals surface area contributed by atoms with Crippen LogP contribution in [-0.4, -0.2) is 30.1 Å². The molecule has 2 fully saturated rings. The molecular formula is C20H30N2O2. The number of amides is 1. The van der Waals surface area contributed by atoms with E-state index in [9.17, 15) is 4.79 Å². The molecule has 3 atom stereocenters. The zero-order valence-electron chi connectivity index (χ0n) is 15.3. The molecule has 1 amide bonds. The average molecular weight is 330 g/mol. The van der Waals surface area contributed by atoms with Gasteiger partial charge in [0.25, 0.3) is 5.91 Å². The largest absolute Gasteiger partial charge is 0.481 e. The van der Waals surface area contributed by atoms with E-state index in [1.165, 1.54) is 24.0 Å². The molecule has 4 nitrogen and oxygen atoms in total. The number of carbonyl (C=O) groups excluding carboxylic acids is 1. The van der Waals surface area contributed by atoms with Crippen LogP contribution in [0.25, 0.3) is 0 Å². The van der Waals surface area contributed by atoms with Crippen molar-refractivity contribution >= 4 is 5.91 Å². The summed E-state index contributed by atoms with van der Waals surface area (Å²) in [4.78, 5) is 12.5. The summed E-state index contributed by atoms with van der Waals surface area (Å²) < 4.78 is 5.87. The molecule has 2 heterocycles. The first kappa shape index (κ1) is 17.3. The quantitative estimate of drug-likeness (QED) is 0.871. The standard InChI is InChI=1S/C20H30N2O2/c1-12(2)19-8-7-18(9-13(19)3)24-14(4)20(23)22-17-10-15-5-6-16(11-17)21-15/h7-9,12,14-17,21H,5-6,10-11H2,1-4H3,(H,22,23). The van der Waals surface area contributed by atoms with E-state index in [1.54, 1.807) is 0 Å². The highest BCUT2D eigenvalue weighted by Gasteiger charge is 2.34. The van der Waals surface area contributed by atoms with Gasteiger partial charge in [0, 0.05) is 18.1 Å². The molecule has 0 spiro atoms. The van der Waals surface area contributed by atoms with Crippen LogP contribution in [0.3, 0.4) is 0 Å². The van der Waals surface area contributed by atoms with Gasteiger partial charge in [-0.25, -0.2) is 0 Å². The molecule has 24 heavy (non-hydrogen) atoms. The topological polar surface area (TPSA) is 50.4 Å². The van der Waals surface area contributed by atoms with Gasteiger partial charge in [0.05, 0.1) is 0 Å². The summed E-state index contributed by atoms with van der Waals surface area (Å²) in [6, 6.07) is 7.55. The lowest BCUT2D eigenvalue weighted by Gasteiger charge is -2.30. The summed E-state index contributed by atoms with van der Waals surface area (Å²) >= 11 is 0. The van der Waals surface area contributed by atoms with Crippen molar-refractivity contribution in [3.05, 3.63) is 29.3 Å². The van der Waals surface area contributed by atoms with Gasteiger partial charge in [0.15, 0.2) is 6.10 Å². The molecule has 0 aliphatic carbocycles. The fourth-order valence-corrected chi connectivity index (χ4v) is 4.12. The molecule has 2 aliphatic rings. The van der Waals surface area contributed by atoms with Gasteiger partial charge in [-0.1, -0.05) is 19.9 Å². The van der Waals surface area contributed by atoms with Gasteiger partial charge in [-0.2, -0.15) is 0 Å². The highest BCUT2D eigenvalue weighted by molar-refractivity contribution is 5.81. The van der Waals surface area contributed by atoms with Crippen molar-refractivity contribution in [2.24, 2.45) is 0 Å². The van der Waals surface area contributed by atoms with Gasteiger partial charge < -0.3 is 15.4 Å². The maximum absolute atomic E-state index is 12.5. The Bertz CT molecular complexity index is 587. The molecule has 2 N–H and O–H groups in total. The summed E-state index contributed by atoms with van der Waals surface area (Å²) in [6.07, 6.45) is 4.09. The molecule has 1 aromatic carbocycles. The lowest BCUT2D eigenvalue weighted by Crippen LogP contribution is -2.50. The Balaban J connectivity index is 1.55. The van der Waals surface area contributed by atoms with Crippen LogP contribution in [0.2, 0.25) is 0 Å². The highest BCUT2D eigenvalue weighted by Crippen LogP contribution is 2.27. The lowest BCUT2D eigenvalue weighted by atomic mass is 9.98. The second kappa shape index (κ2) is 7.14. The fraction of sp³-hybridized carbons (Fsp3) is 0.650. The van der Waals surface area contributed by atoms with Crippen molar-refractivity contribution in [2.75, 3.05) is 0 Å². The third kappa shape index (κ3) is 3.92. The first-order valence-corrected chi connectivity index (χ1v) is 9.26. The maximum atomic E-state index is 12.5. The molecule has 2 aliphatic heterocycles. The summed E-state index contributed by atoms with van der Waals surface area (Å²) in [6.45, 7) is 8.30. The van der Waals surface area contributed by atoms with Gasteiger partial charge in [0.1, 0.15) is 5.75 Å². The Labute approximate surface area is 145 Å². The molecule has 3 unspecified atom stereocenters. The number of nitrogens with one attached hydrogen (secondary N) is 2. The van der Waals surface area contributed by atoms with Crippen LogP contribution in [0.4, 0.5) is 0 Å². The molecule has 2 saturated heterocycles. The summed E-state index contributed by atoms with van der Waals surface area (Å²) in [5, 5.41) is 6.78. The molecule has 0 saturated carbocycles. The van der Waals surface area contributed by atoms with Crippen molar-refractivity contribution in [3.8, 4) is 5.75 Å². The Kier molecular flexibility index (Phi) is 5.14. The average Bonchev–Trinajstić information content (AvgIpc) is 2.85. The first-order chi connectivity index (χ1) is 11.4. The van der Waals surface area contributed by atoms with Crippen molar-refractivity contribution in [2.45, 2.75) is 83.5 Å². The van der Waals surface area contributed by atoms with Crippen molar-refractivity contribution in [1.82, 2.24) is 10.6 Å². The van der Waals surface area contributed by atoms with Crippen LogP contribution >= 0.6 is 0 Å². The van der Waals surface area contributed by atoms with Gasteiger partial charge in [-0.05, 0) is 68.7 Å². The van der Waals surface area contributed by atoms with Crippen LogP contribution in [0.5, 0.6) is 5.75 Å². The monoisotopic (exact) mass is 330 g/mol. The molecule has 4 heteroatoms. The highest BCUT2D eigenvalue weighted by atomic mass is 16.5. The van der Waals surface area contributed by atoms with Crippen molar-refractivity contribution < 1.29 is 9.53 Å². The predicted octanol–water partition coefficient (Wildman–Crippen LogP) is 3.28. The number of hydrogen-bond donors (Lipinski definition) is 2. The van der Waals surface area contributed by atoms with E-state index in [-0.39, 0.29) is 11.9 Å². The minimum Gasteiger partial charge on any atom is -0.481 e. The smallest absolute Gasteiger partial charge is 0.260 e. The molecular weight excluding hydrogens is 300 g/mol. The third-order valence-corrected chi connectivity index (χ3v) is 5.36. The summed E-state index contributed by atoms with van der Waals surface area (Å²) in [5.74, 6) is 1.26. The van der Waals surface area contributed by atoms with E-state index in [0.29, 0.717) is 18.0 Å². The fourth-order valence-electron chi connectivity index (χ4n) is 4.12. The Morgan fingerprint density at radius 1 is 1.21 bits per heavy atom. The van der Waals surface area contributed by atoms with Crippen LogP contribution in [-0.2, 0) is 4.79 Å². The van der Waals surface area contributed by atoms with Crippen LogP contribution in [0, 0.1) is 6.92 Å². The van der Waals surface area contributed by atoms with E-state index < -0.39 is 6.10 Å². The molecule has 1 aromatic rings. The van der Waals surface area contributed by atoms with Crippen LogP contribution in [0.1, 0.15) is 63.5 Å². The molecule has 2 bridgehead atoms. The third-order valence-electron chi connectivity index (χ3n) is 5.36. The Morgan fingerprint density at radius 3 is 2.46 bits per heavy atom. The van der Waals surface area contributed by atoms with E-state index in [2.05, 4.69) is 37.5 Å². The number of hydrogen-bond acceptors (Lipinski definition) is 3. The van der Waals surface area contributed by atoms with Gasteiger partial charge in [-0.15, -0.1) is 0 Å². The molecule has 0 aromatic heterocycles. The second-order valence-electron chi connectivity index (χ2n) is 7.75. The first-order valence-electron chi connectivity index (χ1n) is 9.26. The van der Waals surface area contributed by atoms with E-state index in [0.717, 1.165) is 18.6 Å². The number of carbonyl (C=O) groups is 1. The maximum Gasteiger partial charge on any atom is 0.260 e. The van der Waals surface area contributed by atoms with E-state index in [4.69, 9.17) is 4.74 Å². The Hall–Kier alpha value is -1.55. The Morgan fingerprint density at radius 2 is 1.88 bits per heavy atom. The number of piperidine rings is 1. The summed E-state index contributed by atoms with van der Waals surface area (Å²) in [7, 11) is 0. The SMILES string of the molecule is Cc1cc(OC(C)C(=O)NC2CC3CCC(C2)N3)ccc1C(C)C. The minimum atomic E-state index is -0.471. The van der Waals surface area contributed by atoms with Crippen LogP contribution in [0.15, 0.2) is 18.2 Å². The van der Waals surface area contributed by atoms with Gasteiger partial charge in [0.2, 0.25) is 0 Å². The molecule has 0 radical (unpaired) electrons. The number of fused-ring (bicyclic) bond motifs is 2. The van der Waals surface area contributed by atoms with E-state index >= 15 is 0 Å². The number of rotatable bonds is 5. The molecule has 132 valence electrons. The summed E-state index contributed by atoms with van der Waals surface area (Å²) in [5.41, 5.74) is 2.54. The minimum absolute atomic E-state index is 0.00751. The number of benzene rings is 1. The van der Waals surface area contributed by atoms with Gasteiger partial charge >= 0.3 is 0 Å². The zero-order chi connectivity index (χ0) is 17.3. The normalized spacial score (nSPS) is 27.1. The zero-order valence-corrected chi connectivity index (χ0v) is 15.3. The number of aryl methyl sites for hydroxylation is 1. The van der Waals surface area contributed by atoms with Crippen molar-refractivity contribution in [1.29, 1.82) is 0 Å². The van der Waals surface area contributed by atoms with Crippen molar-refractivity contribution in [3.63, 3.8) is 0 Å². The second-order valence-corrected chi connectivity index (χ2v) is 7.75.